The maximum Gasteiger partial charge on any atom is 0.244 e. The van der Waals surface area contributed by atoms with Crippen molar-refractivity contribution >= 4 is 34.6 Å². The number of fused-ring (bicyclic) bond motifs is 1. The van der Waals surface area contributed by atoms with Gasteiger partial charge in [0.2, 0.25) is 5.91 Å². The fourth-order valence-electron chi connectivity index (χ4n) is 2.25. The van der Waals surface area contributed by atoms with E-state index in [0.29, 0.717) is 10.8 Å². The molecule has 1 N–H and O–H groups in total. The second kappa shape index (κ2) is 5.06. The van der Waals surface area contributed by atoms with E-state index in [-0.39, 0.29) is 12.5 Å². The zero-order valence-electron chi connectivity index (χ0n) is 10.9. The van der Waals surface area contributed by atoms with Crippen LogP contribution in [0.15, 0.2) is 42.5 Å². The predicted octanol–water partition coefficient (Wildman–Crippen LogP) is 3.44. The van der Waals surface area contributed by atoms with Gasteiger partial charge in [-0.2, -0.15) is 0 Å². The van der Waals surface area contributed by atoms with E-state index in [4.69, 9.17) is 16.3 Å². The van der Waals surface area contributed by atoms with E-state index in [1.807, 2.05) is 47.4 Å². The maximum absolute atomic E-state index is 11.9. The predicted molar refractivity (Wildman–Crippen MR) is 80.1 cm³/mol. The van der Waals surface area contributed by atoms with Crippen LogP contribution in [0.5, 0.6) is 5.75 Å². The standard InChI is InChI=1S/C15H13ClN2O2/c1-20-12-6-7-14-13(8-12)17-15(19)9-18(14)11-4-2-10(16)3-5-11/h2-8H,9H2,1H3,(H,17,19). The molecule has 0 spiro atoms. The summed E-state index contributed by atoms with van der Waals surface area (Å²) in [7, 11) is 1.60. The minimum absolute atomic E-state index is 0.0549. The number of rotatable bonds is 2. The van der Waals surface area contributed by atoms with Gasteiger partial charge in [0.25, 0.3) is 0 Å². The van der Waals surface area contributed by atoms with Gasteiger partial charge in [-0.25, -0.2) is 0 Å². The highest BCUT2D eigenvalue weighted by Crippen LogP contribution is 2.37. The first-order valence-electron chi connectivity index (χ1n) is 6.18. The lowest BCUT2D eigenvalue weighted by molar-refractivity contribution is -0.115. The third-order valence-electron chi connectivity index (χ3n) is 3.21. The molecule has 2 aromatic rings. The molecule has 1 heterocycles. The third kappa shape index (κ3) is 2.30. The Kier molecular flexibility index (Phi) is 3.24. The Labute approximate surface area is 121 Å². The molecule has 4 nitrogen and oxygen atoms in total. The summed E-state index contributed by atoms with van der Waals surface area (Å²) in [5.74, 6) is 0.655. The van der Waals surface area contributed by atoms with Gasteiger partial charge >= 0.3 is 0 Å². The Morgan fingerprint density at radius 1 is 1.20 bits per heavy atom. The number of carbonyl (C=O) groups is 1. The van der Waals surface area contributed by atoms with Crippen molar-refractivity contribution in [1.29, 1.82) is 0 Å². The van der Waals surface area contributed by atoms with Crippen molar-refractivity contribution < 1.29 is 9.53 Å². The maximum atomic E-state index is 11.9. The van der Waals surface area contributed by atoms with Crippen molar-refractivity contribution in [2.45, 2.75) is 0 Å². The molecule has 0 aliphatic carbocycles. The van der Waals surface area contributed by atoms with Gasteiger partial charge in [-0.3, -0.25) is 4.79 Å². The molecule has 102 valence electrons. The van der Waals surface area contributed by atoms with Crippen molar-refractivity contribution in [2.24, 2.45) is 0 Å². The highest BCUT2D eigenvalue weighted by molar-refractivity contribution is 6.30. The first kappa shape index (κ1) is 12.8. The van der Waals surface area contributed by atoms with Crippen LogP contribution in [0.3, 0.4) is 0 Å². The Morgan fingerprint density at radius 3 is 2.65 bits per heavy atom. The van der Waals surface area contributed by atoms with E-state index in [1.54, 1.807) is 7.11 Å². The van der Waals surface area contributed by atoms with E-state index in [0.717, 1.165) is 17.1 Å². The van der Waals surface area contributed by atoms with Crippen molar-refractivity contribution in [2.75, 3.05) is 23.9 Å². The smallest absolute Gasteiger partial charge is 0.244 e. The van der Waals surface area contributed by atoms with Crippen LogP contribution in [0, 0.1) is 0 Å². The monoisotopic (exact) mass is 288 g/mol. The number of hydrogen-bond acceptors (Lipinski definition) is 3. The van der Waals surface area contributed by atoms with Crippen molar-refractivity contribution in [3.8, 4) is 5.75 Å². The molecule has 0 radical (unpaired) electrons. The minimum Gasteiger partial charge on any atom is -0.497 e. The van der Waals surface area contributed by atoms with Crippen LogP contribution in [0.4, 0.5) is 17.1 Å². The number of halogens is 1. The summed E-state index contributed by atoms with van der Waals surface area (Å²) < 4.78 is 5.18. The molecule has 0 fully saturated rings. The van der Waals surface area contributed by atoms with Crippen molar-refractivity contribution in [3.05, 3.63) is 47.5 Å². The van der Waals surface area contributed by atoms with Crippen molar-refractivity contribution in [1.82, 2.24) is 0 Å². The lowest BCUT2D eigenvalue weighted by Crippen LogP contribution is -2.34. The number of carbonyl (C=O) groups excluding carboxylic acids is 1. The van der Waals surface area contributed by atoms with E-state index in [1.165, 1.54) is 0 Å². The summed E-state index contributed by atoms with van der Waals surface area (Å²) in [4.78, 5) is 13.8. The molecule has 1 aliphatic rings. The highest BCUT2D eigenvalue weighted by atomic mass is 35.5. The SMILES string of the molecule is COc1ccc2c(c1)NC(=O)CN2c1ccc(Cl)cc1. The molecule has 0 atom stereocenters. The molecule has 1 aliphatic heterocycles. The lowest BCUT2D eigenvalue weighted by Gasteiger charge is -2.31. The van der Waals surface area contributed by atoms with E-state index >= 15 is 0 Å². The fourth-order valence-corrected chi connectivity index (χ4v) is 2.37. The Morgan fingerprint density at radius 2 is 1.95 bits per heavy atom. The van der Waals surface area contributed by atoms with E-state index in [9.17, 15) is 4.79 Å². The molecule has 0 saturated carbocycles. The number of nitrogens with one attached hydrogen (secondary N) is 1. The van der Waals surface area contributed by atoms with Crippen molar-refractivity contribution in [3.63, 3.8) is 0 Å². The lowest BCUT2D eigenvalue weighted by atomic mass is 10.1. The number of ether oxygens (including phenoxy) is 1. The van der Waals surface area contributed by atoms with Crippen LogP contribution in [0.1, 0.15) is 0 Å². The summed E-state index contributed by atoms with van der Waals surface area (Å²) in [5, 5.41) is 3.53. The number of amides is 1. The Bertz CT molecular complexity index is 655. The second-order valence-electron chi connectivity index (χ2n) is 4.49. The summed E-state index contributed by atoms with van der Waals surface area (Å²) in [6, 6.07) is 13.0. The molecule has 2 aromatic carbocycles. The van der Waals surface area contributed by atoms with Gasteiger partial charge in [0, 0.05) is 16.8 Å². The number of anilines is 3. The zero-order chi connectivity index (χ0) is 14.1. The fraction of sp³-hybridized carbons (Fsp3) is 0.133. The highest BCUT2D eigenvalue weighted by Gasteiger charge is 2.23. The van der Waals surface area contributed by atoms with Crippen LogP contribution < -0.4 is 15.0 Å². The van der Waals surface area contributed by atoms with Gasteiger partial charge in [0.05, 0.1) is 18.5 Å². The van der Waals surface area contributed by atoms with Gasteiger partial charge < -0.3 is 15.0 Å². The Hall–Kier alpha value is -2.20. The van der Waals surface area contributed by atoms with Crippen LogP contribution in [0.25, 0.3) is 0 Å². The molecular formula is C15H13ClN2O2. The van der Waals surface area contributed by atoms with E-state index < -0.39 is 0 Å². The van der Waals surface area contributed by atoms with Gasteiger partial charge in [0.15, 0.2) is 0 Å². The second-order valence-corrected chi connectivity index (χ2v) is 4.93. The number of methoxy groups -OCH3 is 1. The molecule has 0 unspecified atom stereocenters. The quantitative estimate of drug-likeness (QED) is 0.920. The number of nitrogens with zero attached hydrogens (tertiary/aromatic N) is 1. The number of benzene rings is 2. The molecular weight excluding hydrogens is 276 g/mol. The largest absolute Gasteiger partial charge is 0.497 e. The molecule has 20 heavy (non-hydrogen) atoms. The molecule has 1 amide bonds. The minimum atomic E-state index is -0.0549. The van der Waals surface area contributed by atoms with Crippen LogP contribution in [-0.2, 0) is 4.79 Å². The zero-order valence-corrected chi connectivity index (χ0v) is 11.6. The molecule has 0 aromatic heterocycles. The molecule has 5 heteroatoms. The first-order valence-corrected chi connectivity index (χ1v) is 6.56. The third-order valence-corrected chi connectivity index (χ3v) is 3.46. The van der Waals surface area contributed by atoms with Gasteiger partial charge in [0.1, 0.15) is 12.3 Å². The topological polar surface area (TPSA) is 41.6 Å². The van der Waals surface area contributed by atoms with E-state index in [2.05, 4.69) is 5.32 Å². The van der Waals surface area contributed by atoms with Crippen LogP contribution in [-0.4, -0.2) is 19.6 Å². The summed E-state index contributed by atoms with van der Waals surface area (Å²) in [5.41, 5.74) is 2.61. The van der Waals surface area contributed by atoms with Crippen LogP contribution in [0.2, 0.25) is 5.02 Å². The molecule has 0 saturated heterocycles. The summed E-state index contributed by atoms with van der Waals surface area (Å²) in [6.45, 7) is 0.279. The average molecular weight is 289 g/mol. The summed E-state index contributed by atoms with van der Waals surface area (Å²) >= 11 is 5.90. The average Bonchev–Trinajstić information content (AvgIpc) is 2.46. The van der Waals surface area contributed by atoms with Gasteiger partial charge in [-0.05, 0) is 36.4 Å². The van der Waals surface area contributed by atoms with Gasteiger partial charge in [-0.1, -0.05) is 11.6 Å². The van der Waals surface area contributed by atoms with Gasteiger partial charge in [-0.15, -0.1) is 0 Å². The molecule has 3 rings (SSSR count). The molecule has 0 bridgehead atoms. The first-order chi connectivity index (χ1) is 9.67. The Balaban J connectivity index is 2.05. The number of hydrogen-bond donors (Lipinski definition) is 1. The summed E-state index contributed by atoms with van der Waals surface area (Å²) in [6.07, 6.45) is 0. The normalized spacial score (nSPS) is 13.7. The van der Waals surface area contributed by atoms with Crippen LogP contribution >= 0.6 is 11.6 Å².